The minimum atomic E-state index is -4.94. The minimum Gasteiger partial charge on any atom is -0.506 e. The van der Waals surface area contributed by atoms with Gasteiger partial charge in [-0.25, -0.2) is 0 Å². The van der Waals surface area contributed by atoms with Gasteiger partial charge in [-0.2, -0.15) is 13.2 Å². The van der Waals surface area contributed by atoms with Gasteiger partial charge in [0.05, 0.1) is 4.88 Å². The first-order chi connectivity index (χ1) is 6.41. The van der Waals surface area contributed by atoms with Crippen LogP contribution in [0, 0.1) is 49.4 Å². The quantitative estimate of drug-likeness (QED) is 0.639. The third-order valence-corrected chi connectivity index (χ3v) is 2.21. The van der Waals surface area contributed by atoms with Gasteiger partial charge < -0.3 is 5.11 Å². The van der Waals surface area contributed by atoms with Crippen LogP contribution in [-0.2, 0) is 4.79 Å². The number of carbonyl (C=O) groups excluding carboxylic acids is 1. The Morgan fingerprint density at radius 2 is 2.07 bits per heavy atom. The maximum atomic E-state index is 11.7. The summed E-state index contributed by atoms with van der Waals surface area (Å²) in [7, 11) is 0. The van der Waals surface area contributed by atoms with Crippen LogP contribution in [0.5, 0.6) is 0 Å². The van der Waals surface area contributed by atoms with E-state index in [4.69, 9.17) is 5.11 Å². The molecule has 1 heterocycles. The van der Waals surface area contributed by atoms with Crippen LogP contribution in [0.15, 0.2) is 23.6 Å². The third-order valence-electron chi connectivity index (χ3n) is 1.32. The molecule has 1 N–H and O–H groups in total. The molecule has 1 aromatic rings. The van der Waals surface area contributed by atoms with E-state index in [1.54, 1.807) is 11.4 Å². The van der Waals surface area contributed by atoms with E-state index in [1.807, 2.05) is 0 Å². The number of aliphatic hydroxyl groups excluding tert-OH is 1. The summed E-state index contributed by atoms with van der Waals surface area (Å²) in [4.78, 5) is 10.6. The molecular formula is C8H5EuF3O2S. The number of rotatable bonds is 2. The van der Waals surface area contributed by atoms with Crippen molar-refractivity contribution >= 4 is 22.9 Å². The van der Waals surface area contributed by atoms with Crippen molar-refractivity contribution in [1.82, 2.24) is 0 Å². The topological polar surface area (TPSA) is 37.3 Å². The van der Waals surface area contributed by atoms with Crippen LogP contribution in [0.2, 0.25) is 0 Å². The molecule has 1 radical (unpaired) electrons. The van der Waals surface area contributed by atoms with E-state index >= 15 is 0 Å². The van der Waals surface area contributed by atoms with E-state index in [-0.39, 0.29) is 60.3 Å². The predicted octanol–water partition coefficient (Wildman–Crippen LogP) is 2.78. The molecule has 1 aromatic heterocycles. The van der Waals surface area contributed by atoms with Gasteiger partial charge in [-0.1, -0.05) is 6.07 Å². The van der Waals surface area contributed by atoms with Gasteiger partial charge in [0.1, 0.15) is 5.76 Å². The smallest absolute Gasteiger partial charge is 0.454 e. The Bertz CT molecular complexity index is 356. The molecule has 2 nitrogen and oxygen atoms in total. The van der Waals surface area contributed by atoms with Crippen LogP contribution in [0.1, 0.15) is 4.88 Å². The van der Waals surface area contributed by atoms with Crippen molar-refractivity contribution in [1.29, 1.82) is 0 Å². The van der Waals surface area contributed by atoms with Crippen molar-refractivity contribution in [2.45, 2.75) is 6.18 Å². The predicted molar refractivity (Wildman–Crippen MR) is 46.0 cm³/mol. The van der Waals surface area contributed by atoms with Crippen LogP contribution in [0.25, 0.3) is 5.76 Å². The summed E-state index contributed by atoms with van der Waals surface area (Å²) in [6.45, 7) is 0. The number of ketones is 1. The molecule has 0 aliphatic carbocycles. The Morgan fingerprint density at radius 1 is 1.47 bits per heavy atom. The Balaban J connectivity index is 0.00000196. The van der Waals surface area contributed by atoms with Gasteiger partial charge in [-0.15, -0.1) is 11.3 Å². The van der Waals surface area contributed by atoms with Gasteiger partial charge in [-0.05, 0) is 11.4 Å². The van der Waals surface area contributed by atoms with E-state index < -0.39 is 17.7 Å². The molecule has 0 unspecified atom stereocenters. The van der Waals surface area contributed by atoms with Gasteiger partial charge in [0.15, 0.2) is 0 Å². The van der Waals surface area contributed by atoms with Gasteiger partial charge in [0.25, 0.3) is 5.78 Å². The molecule has 0 spiro atoms. The van der Waals surface area contributed by atoms with E-state index in [2.05, 4.69) is 0 Å². The summed E-state index contributed by atoms with van der Waals surface area (Å²) in [5.74, 6) is -2.73. The Morgan fingerprint density at radius 3 is 2.47 bits per heavy atom. The van der Waals surface area contributed by atoms with Crippen LogP contribution in [0.3, 0.4) is 0 Å². The molecule has 0 saturated heterocycles. The number of aliphatic hydroxyl groups is 1. The zero-order valence-corrected chi connectivity index (χ0v) is 10.3. The first kappa shape index (κ1) is 15.3. The minimum absolute atomic E-state index is 0. The molecule has 0 aliphatic heterocycles. The Hall–Kier alpha value is 0.284. The molecule has 0 atom stereocenters. The number of allylic oxidation sites excluding steroid dienone is 1. The SMILES string of the molecule is O=C(C=C(O)c1cccs1)C(F)(F)F.[Eu]. The molecule has 0 aliphatic rings. The van der Waals surface area contributed by atoms with Crippen molar-refractivity contribution in [2.24, 2.45) is 0 Å². The monoisotopic (exact) mass is 375 g/mol. The maximum Gasteiger partial charge on any atom is 0.454 e. The summed E-state index contributed by atoms with van der Waals surface area (Å²) in [6.07, 6.45) is -4.77. The molecule has 0 saturated carbocycles. The van der Waals surface area contributed by atoms with E-state index in [1.165, 1.54) is 6.07 Å². The average Bonchev–Trinajstić information content (AvgIpc) is 2.53. The first-order valence-electron chi connectivity index (χ1n) is 3.47. The summed E-state index contributed by atoms with van der Waals surface area (Å²) in [6, 6.07) is 2.97. The maximum absolute atomic E-state index is 11.7. The van der Waals surface area contributed by atoms with Crippen molar-refractivity contribution in [3.63, 3.8) is 0 Å². The third kappa shape index (κ3) is 4.76. The zero-order valence-electron chi connectivity index (χ0n) is 7.08. The second kappa shape index (κ2) is 6.13. The van der Waals surface area contributed by atoms with Crippen LogP contribution >= 0.6 is 11.3 Å². The molecule has 83 valence electrons. The van der Waals surface area contributed by atoms with Crippen LogP contribution < -0.4 is 0 Å². The molecule has 0 amide bonds. The van der Waals surface area contributed by atoms with Crippen molar-refractivity contribution in [2.75, 3.05) is 0 Å². The summed E-state index contributed by atoms with van der Waals surface area (Å²) in [5, 5.41) is 10.7. The van der Waals surface area contributed by atoms with Gasteiger partial charge in [0, 0.05) is 55.5 Å². The number of hydrogen-bond acceptors (Lipinski definition) is 3. The molecule has 15 heavy (non-hydrogen) atoms. The van der Waals surface area contributed by atoms with Gasteiger partial charge in [-0.3, -0.25) is 4.79 Å². The largest absolute Gasteiger partial charge is 0.506 e. The zero-order chi connectivity index (χ0) is 10.8. The summed E-state index contributed by atoms with van der Waals surface area (Å²) in [5.41, 5.74) is 0. The molecule has 7 heteroatoms. The van der Waals surface area contributed by atoms with Crippen molar-refractivity contribution < 1.29 is 72.4 Å². The molecule has 1 rings (SSSR count). The normalized spacial score (nSPS) is 12.1. The first-order valence-corrected chi connectivity index (χ1v) is 4.35. The fourth-order valence-corrected chi connectivity index (χ4v) is 1.34. The molecular weight excluding hydrogens is 369 g/mol. The summed E-state index contributed by atoms with van der Waals surface area (Å²) >= 11 is 1.05. The van der Waals surface area contributed by atoms with Crippen molar-refractivity contribution in [3.8, 4) is 0 Å². The van der Waals surface area contributed by atoms with E-state index in [0.717, 1.165) is 11.3 Å². The number of halogens is 3. The second-order valence-electron chi connectivity index (χ2n) is 2.37. The fraction of sp³-hybridized carbons (Fsp3) is 0.125. The Labute approximate surface area is 128 Å². The molecule has 0 aromatic carbocycles. The van der Waals surface area contributed by atoms with Crippen LogP contribution in [-0.4, -0.2) is 17.1 Å². The van der Waals surface area contributed by atoms with Crippen molar-refractivity contribution in [3.05, 3.63) is 28.5 Å². The fourth-order valence-electron chi connectivity index (χ4n) is 0.701. The number of carbonyl (C=O) groups is 1. The second-order valence-corrected chi connectivity index (χ2v) is 3.32. The van der Waals surface area contributed by atoms with Gasteiger partial charge >= 0.3 is 6.18 Å². The number of hydrogen-bond donors (Lipinski definition) is 1. The number of alkyl halides is 3. The van der Waals surface area contributed by atoms with E-state index in [0.29, 0.717) is 0 Å². The number of thiophene rings is 1. The van der Waals surface area contributed by atoms with E-state index in [9.17, 15) is 18.0 Å². The van der Waals surface area contributed by atoms with Gasteiger partial charge in [0.2, 0.25) is 0 Å². The van der Waals surface area contributed by atoms with Crippen LogP contribution in [0.4, 0.5) is 13.2 Å². The molecule has 0 bridgehead atoms. The summed E-state index contributed by atoms with van der Waals surface area (Å²) < 4.78 is 35.2. The molecule has 0 fully saturated rings. The Kier molecular flexibility index (Phi) is 6.24. The standard InChI is InChI=1S/C8H5F3O2S.Eu/c9-8(10,11)7(13)4-5(12)6-2-1-3-14-6;/h1-4,12H;. The average molecular weight is 374 g/mol.